The molecule has 2 aromatic heterocycles. The Bertz CT molecular complexity index is 847. The summed E-state index contributed by atoms with van der Waals surface area (Å²) in [5, 5.41) is 0.632. The molecule has 0 amide bonds. The first-order valence-electron chi connectivity index (χ1n) is 7.80. The zero-order valence-corrected chi connectivity index (χ0v) is 16.2. The summed E-state index contributed by atoms with van der Waals surface area (Å²) in [5.41, 5.74) is 1.54. The Labute approximate surface area is 150 Å². The average molecular weight is 390 g/mol. The van der Waals surface area contributed by atoms with E-state index in [9.17, 15) is 8.96 Å². The minimum Gasteiger partial charge on any atom is -0.354 e. The van der Waals surface area contributed by atoms with Crippen molar-refractivity contribution in [2.24, 2.45) is 0 Å². The van der Waals surface area contributed by atoms with Crippen molar-refractivity contribution >= 4 is 47.2 Å². The maximum absolute atomic E-state index is 14.5. The number of fused-ring (bicyclic) bond motifs is 1. The average Bonchev–Trinajstić information content (AvgIpc) is 2.52. The number of nitrogens with zero attached hydrogens (tertiary/aromatic N) is 3. The van der Waals surface area contributed by atoms with Gasteiger partial charge in [-0.3, -0.25) is 0 Å². The minimum atomic E-state index is -2.12. The molecule has 1 fully saturated rings. The van der Waals surface area contributed by atoms with E-state index >= 15 is 0 Å². The Morgan fingerprint density at radius 1 is 1.21 bits per heavy atom. The largest absolute Gasteiger partial charge is 0.354 e. The Morgan fingerprint density at radius 3 is 2.42 bits per heavy atom. The fourth-order valence-electron chi connectivity index (χ4n) is 3.13. The second-order valence-corrected chi connectivity index (χ2v) is 11.0. The topological polar surface area (TPSA) is 46.1 Å². The van der Waals surface area contributed by atoms with Gasteiger partial charge in [-0.15, -0.1) is 0 Å². The Hall–Kier alpha value is -0.900. The van der Waals surface area contributed by atoms with Crippen LogP contribution in [-0.2, 0) is 4.57 Å². The lowest BCUT2D eigenvalue weighted by molar-refractivity contribution is 0.523. The van der Waals surface area contributed by atoms with Crippen LogP contribution in [0.1, 0.15) is 18.5 Å². The summed E-state index contributed by atoms with van der Waals surface area (Å²) in [6, 6.07) is 1.35. The number of aromatic nitrogens is 2. The third-order valence-corrected chi connectivity index (χ3v) is 7.79. The van der Waals surface area contributed by atoms with Gasteiger partial charge in [-0.25, -0.2) is 14.4 Å². The van der Waals surface area contributed by atoms with Crippen LogP contribution in [0.15, 0.2) is 6.07 Å². The fourth-order valence-corrected chi connectivity index (χ4v) is 5.01. The first kappa shape index (κ1) is 17.9. The van der Waals surface area contributed by atoms with Crippen molar-refractivity contribution in [1.82, 2.24) is 9.97 Å². The predicted molar refractivity (Wildman–Crippen MR) is 98.9 cm³/mol. The molecule has 2 aromatic rings. The number of piperidine rings is 1. The molecule has 0 spiro atoms. The Balaban J connectivity index is 1.96. The molecule has 0 unspecified atom stereocenters. The summed E-state index contributed by atoms with van der Waals surface area (Å²) < 4.78 is 26.7. The minimum absolute atomic E-state index is 0.194. The summed E-state index contributed by atoms with van der Waals surface area (Å²) in [6.07, 6.45) is 1.54. The molecule has 0 aromatic carbocycles. The highest BCUT2D eigenvalue weighted by atomic mass is 35.5. The SMILES string of the molecule is Cc1nc2cc(F)c(N3CCC(P(C)(C)=O)CC3)nc2c(Cl)c1Cl. The van der Waals surface area contributed by atoms with Crippen LogP contribution in [0.4, 0.5) is 10.2 Å². The van der Waals surface area contributed by atoms with E-state index in [0.29, 0.717) is 39.9 Å². The van der Waals surface area contributed by atoms with Gasteiger partial charge in [0, 0.05) is 24.8 Å². The van der Waals surface area contributed by atoms with Crippen molar-refractivity contribution in [2.75, 3.05) is 31.3 Å². The monoisotopic (exact) mass is 389 g/mol. The van der Waals surface area contributed by atoms with E-state index in [1.165, 1.54) is 6.07 Å². The predicted octanol–water partition coefficient (Wildman–Crippen LogP) is 4.98. The smallest absolute Gasteiger partial charge is 0.167 e. The van der Waals surface area contributed by atoms with Crippen LogP contribution in [0.25, 0.3) is 11.0 Å². The molecule has 3 heterocycles. The molecular weight excluding hydrogens is 371 g/mol. The van der Waals surface area contributed by atoms with Crippen LogP contribution < -0.4 is 4.90 Å². The van der Waals surface area contributed by atoms with Crippen LogP contribution in [0.5, 0.6) is 0 Å². The van der Waals surface area contributed by atoms with Crippen LogP contribution in [0.3, 0.4) is 0 Å². The van der Waals surface area contributed by atoms with Crippen molar-refractivity contribution in [1.29, 1.82) is 0 Å². The molecule has 0 radical (unpaired) electrons. The molecule has 8 heteroatoms. The summed E-state index contributed by atoms with van der Waals surface area (Å²) in [6.45, 7) is 6.60. The summed E-state index contributed by atoms with van der Waals surface area (Å²) in [7, 11) is -2.12. The maximum Gasteiger partial charge on any atom is 0.167 e. The number of aryl methyl sites for hydroxylation is 1. The number of halogens is 3. The molecule has 1 aliphatic rings. The van der Waals surface area contributed by atoms with E-state index in [1.54, 1.807) is 6.92 Å². The van der Waals surface area contributed by atoms with Crippen LogP contribution in [-0.4, -0.2) is 42.0 Å². The second kappa shape index (κ2) is 6.44. The standard InChI is InChI=1S/C16H19Cl2FN3OP/c1-9-13(17)14(18)15-12(20-9)8-11(19)16(21-15)22-6-4-10(5-7-22)24(2,3)23/h8,10H,4-7H2,1-3H3. The summed E-state index contributed by atoms with van der Waals surface area (Å²) in [4.78, 5) is 10.5. The third kappa shape index (κ3) is 3.26. The molecule has 1 aliphatic heterocycles. The maximum atomic E-state index is 14.5. The van der Waals surface area contributed by atoms with Crippen molar-refractivity contribution in [2.45, 2.75) is 25.4 Å². The number of pyridine rings is 2. The van der Waals surface area contributed by atoms with Gasteiger partial charge >= 0.3 is 0 Å². The van der Waals surface area contributed by atoms with Gasteiger partial charge in [0.2, 0.25) is 0 Å². The fraction of sp³-hybridized carbons (Fsp3) is 0.500. The van der Waals surface area contributed by atoms with Crippen molar-refractivity contribution < 1.29 is 8.96 Å². The van der Waals surface area contributed by atoms with Crippen LogP contribution in [0.2, 0.25) is 10.0 Å². The van der Waals surface area contributed by atoms with Gasteiger partial charge in [0.25, 0.3) is 0 Å². The van der Waals surface area contributed by atoms with E-state index in [1.807, 2.05) is 18.2 Å². The number of rotatable bonds is 2. The third-order valence-electron chi connectivity index (χ3n) is 4.59. The van der Waals surface area contributed by atoms with Crippen molar-refractivity contribution in [3.8, 4) is 0 Å². The van der Waals surface area contributed by atoms with Gasteiger partial charge < -0.3 is 9.46 Å². The lowest BCUT2D eigenvalue weighted by Gasteiger charge is -2.34. The first-order chi connectivity index (χ1) is 11.2. The molecule has 24 heavy (non-hydrogen) atoms. The number of hydrogen-bond donors (Lipinski definition) is 0. The molecule has 1 saturated heterocycles. The molecule has 0 bridgehead atoms. The van der Waals surface area contributed by atoms with Crippen LogP contribution >= 0.6 is 30.3 Å². The Morgan fingerprint density at radius 2 is 1.83 bits per heavy atom. The zero-order chi connectivity index (χ0) is 17.6. The van der Waals surface area contributed by atoms with E-state index in [4.69, 9.17) is 23.2 Å². The molecule has 0 saturated carbocycles. The molecule has 0 atom stereocenters. The molecule has 3 rings (SSSR count). The zero-order valence-electron chi connectivity index (χ0n) is 13.8. The number of hydrogen-bond acceptors (Lipinski definition) is 4. The van der Waals surface area contributed by atoms with E-state index in [-0.39, 0.29) is 11.5 Å². The highest BCUT2D eigenvalue weighted by Crippen LogP contribution is 2.47. The van der Waals surface area contributed by atoms with Gasteiger partial charge in [-0.2, -0.15) is 0 Å². The van der Waals surface area contributed by atoms with Gasteiger partial charge in [-0.1, -0.05) is 23.2 Å². The molecule has 0 aliphatic carbocycles. The summed E-state index contributed by atoms with van der Waals surface area (Å²) in [5.74, 6) is -0.172. The summed E-state index contributed by atoms with van der Waals surface area (Å²) >= 11 is 12.4. The molecular formula is C16H19Cl2FN3OP. The number of anilines is 1. The molecule has 130 valence electrons. The van der Waals surface area contributed by atoms with Gasteiger partial charge in [0.15, 0.2) is 11.6 Å². The second-order valence-electron chi connectivity index (χ2n) is 6.64. The lowest BCUT2D eigenvalue weighted by atomic mass is 10.1. The quantitative estimate of drug-likeness (QED) is 0.679. The van der Waals surface area contributed by atoms with Gasteiger partial charge in [0.1, 0.15) is 5.52 Å². The Kier molecular flexibility index (Phi) is 4.80. The first-order valence-corrected chi connectivity index (χ1v) is 11.2. The van der Waals surface area contributed by atoms with Crippen molar-refractivity contribution in [3.05, 3.63) is 27.6 Å². The molecule has 0 N–H and O–H groups in total. The highest BCUT2D eigenvalue weighted by molar-refractivity contribution is 7.63. The van der Waals surface area contributed by atoms with Gasteiger partial charge in [-0.05, 0) is 33.1 Å². The van der Waals surface area contributed by atoms with E-state index in [0.717, 1.165) is 12.8 Å². The normalized spacial score (nSPS) is 16.8. The van der Waals surface area contributed by atoms with Crippen LogP contribution in [0, 0.1) is 12.7 Å². The van der Waals surface area contributed by atoms with E-state index in [2.05, 4.69) is 9.97 Å². The van der Waals surface area contributed by atoms with E-state index < -0.39 is 13.0 Å². The highest BCUT2D eigenvalue weighted by Gasteiger charge is 2.29. The lowest BCUT2D eigenvalue weighted by Crippen LogP contribution is -2.36. The van der Waals surface area contributed by atoms with Gasteiger partial charge in [0.05, 0.1) is 28.4 Å². The van der Waals surface area contributed by atoms with Crippen molar-refractivity contribution in [3.63, 3.8) is 0 Å². The molecule has 4 nitrogen and oxygen atoms in total.